The molecule has 0 fully saturated rings. The quantitative estimate of drug-likeness (QED) is 0.779. The lowest BCUT2D eigenvalue weighted by Crippen LogP contribution is -2.06. The van der Waals surface area contributed by atoms with Crippen LogP contribution in [0.5, 0.6) is 0 Å². The number of anilines is 1. The SMILES string of the molecule is Cn1ncc2c(NCCc3cccs3)ncnc21. The maximum absolute atomic E-state index is 4.27. The third kappa shape index (κ3) is 2.06. The average molecular weight is 259 g/mol. The van der Waals surface area contributed by atoms with E-state index in [1.54, 1.807) is 28.5 Å². The first-order valence-electron chi connectivity index (χ1n) is 5.73. The molecule has 0 aliphatic heterocycles. The highest BCUT2D eigenvalue weighted by Crippen LogP contribution is 2.18. The first kappa shape index (κ1) is 11.2. The maximum Gasteiger partial charge on any atom is 0.163 e. The molecule has 1 N–H and O–H groups in total. The van der Waals surface area contributed by atoms with Crippen LogP contribution in [-0.2, 0) is 13.5 Å². The van der Waals surface area contributed by atoms with E-state index in [2.05, 4.69) is 37.9 Å². The van der Waals surface area contributed by atoms with Crippen molar-refractivity contribution in [3.05, 3.63) is 34.9 Å². The molecular weight excluding hydrogens is 246 g/mol. The van der Waals surface area contributed by atoms with Crippen molar-refractivity contribution >= 4 is 28.2 Å². The van der Waals surface area contributed by atoms with E-state index in [-0.39, 0.29) is 0 Å². The molecule has 0 radical (unpaired) electrons. The summed E-state index contributed by atoms with van der Waals surface area (Å²) in [6.07, 6.45) is 4.36. The van der Waals surface area contributed by atoms with Crippen molar-refractivity contribution in [1.29, 1.82) is 0 Å². The van der Waals surface area contributed by atoms with Crippen LogP contribution in [-0.4, -0.2) is 26.3 Å². The highest BCUT2D eigenvalue weighted by Gasteiger charge is 2.06. The molecule has 0 saturated carbocycles. The summed E-state index contributed by atoms with van der Waals surface area (Å²) in [5.41, 5.74) is 0.851. The number of nitrogens with zero attached hydrogens (tertiary/aromatic N) is 4. The molecule has 3 aromatic rings. The van der Waals surface area contributed by atoms with Gasteiger partial charge < -0.3 is 5.32 Å². The summed E-state index contributed by atoms with van der Waals surface area (Å²) in [6.45, 7) is 0.863. The molecule has 0 aliphatic carbocycles. The van der Waals surface area contributed by atoms with Crippen molar-refractivity contribution in [1.82, 2.24) is 19.7 Å². The molecule has 6 heteroatoms. The Morgan fingerprint density at radius 3 is 3.17 bits per heavy atom. The molecule has 3 rings (SSSR count). The van der Waals surface area contributed by atoms with Gasteiger partial charge in [0.2, 0.25) is 0 Å². The number of thiophene rings is 1. The average Bonchev–Trinajstić information content (AvgIpc) is 3.01. The summed E-state index contributed by atoms with van der Waals surface area (Å²) in [5.74, 6) is 0.852. The highest BCUT2D eigenvalue weighted by molar-refractivity contribution is 7.09. The fraction of sp³-hybridized carbons (Fsp3) is 0.250. The van der Waals surface area contributed by atoms with Gasteiger partial charge in [0, 0.05) is 18.5 Å². The maximum atomic E-state index is 4.27. The van der Waals surface area contributed by atoms with Gasteiger partial charge in [0.1, 0.15) is 12.1 Å². The Kier molecular flexibility index (Phi) is 2.93. The molecule has 18 heavy (non-hydrogen) atoms. The predicted octanol–water partition coefficient (Wildman–Crippen LogP) is 2.08. The van der Waals surface area contributed by atoms with Crippen molar-refractivity contribution in [2.75, 3.05) is 11.9 Å². The summed E-state index contributed by atoms with van der Waals surface area (Å²) in [7, 11) is 1.88. The molecule has 0 aliphatic rings. The number of aryl methyl sites for hydroxylation is 1. The highest BCUT2D eigenvalue weighted by atomic mass is 32.1. The fourth-order valence-electron chi connectivity index (χ4n) is 1.86. The lowest BCUT2D eigenvalue weighted by atomic mass is 10.3. The van der Waals surface area contributed by atoms with Crippen molar-refractivity contribution < 1.29 is 0 Å². The molecule has 92 valence electrons. The Morgan fingerprint density at radius 1 is 1.39 bits per heavy atom. The van der Waals surface area contributed by atoms with Crippen LogP contribution in [0.1, 0.15) is 4.88 Å². The molecule has 3 aromatic heterocycles. The van der Waals surface area contributed by atoms with Gasteiger partial charge in [0.15, 0.2) is 5.65 Å². The van der Waals surface area contributed by atoms with Crippen molar-refractivity contribution in [3.63, 3.8) is 0 Å². The largest absolute Gasteiger partial charge is 0.369 e. The van der Waals surface area contributed by atoms with Gasteiger partial charge in [-0.1, -0.05) is 6.07 Å². The Balaban J connectivity index is 1.74. The third-order valence-corrected chi connectivity index (χ3v) is 3.71. The van der Waals surface area contributed by atoms with Gasteiger partial charge in [-0.15, -0.1) is 11.3 Å². The standard InChI is InChI=1S/C12H13N5S/c1-17-12-10(7-16-17)11(14-8-15-12)13-5-4-9-3-2-6-18-9/h2-3,6-8H,4-5H2,1H3,(H,13,14,15). The fourth-order valence-corrected chi connectivity index (χ4v) is 2.57. The summed E-state index contributed by atoms with van der Waals surface area (Å²) < 4.78 is 1.75. The van der Waals surface area contributed by atoms with E-state index in [4.69, 9.17) is 0 Å². The zero-order valence-corrected chi connectivity index (χ0v) is 10.8. The second-order valence-electron chi connectivity index (χ2n) is 3.98. The number of aromatic nitrogens is 4. The summed E-state index contributed by atoms with van der Waals surface area (Å²) in [4.78, 5) is 9.85. The van der Waals surface area contributed by atoms with E-state index in [1.165, 1.54) is 4.88 Å². The van der Waals surface area contributed by atoms with Gasteiger partial charge >= 0.3 is 0 Å². The summed E-state index contributed by atoms with van der Waals surface area (Å²) in [6, 6.07) is 4.22. The minimum absolute atomic E-state index is 0.851. The lowest BCUT2D eigenvalue weighted by molar-refractivity contribution is 0.785. The lowest BCUT2D eigenvalue weighted by Gasteiger charge is -2.05. The Labute approximate surface area is 109 Å². The smallest absolute Gasteiger partial charge is 0.163 e. The van der Waals surface area contributed by atoms with Crippen LogP contribution in [0.4, 0.5) is 5.82 Å². The topological polar surface area (TPSA) is 55.6 Å². The molecule has 5 nitrogen and oxygen atoms in total. The second kappa shape index (κ2) is 4.73. The van der Waals surface area contributed by atoms with Gasteiger partial charge in [-0.3, -0.25) is 4.68 Å². The molecule has 0 amide bonds. The minimum Gasteiger partial charge on any atom is -0.369 e. The number of rotatable bonds is 4. The Morgan fingerprint density at radius 2 is 2.33 bits per heavy atom. The molecule has 0 spiro atoms. The number of hydrogen-bond donors (Lipinski definition) is 1. The number of hydrogen-bond acceptors (Lipinski definition) is 5. The minimum atomic E-state index is 0.851. The Hall–Kier alpha value is -1.95. The molecule has 0 atom stereocenters. The first-order valence-corrected chi connectivity index (χ1v) is 6.61. The van der Waals surface area contributed by atoms with Gasteiger partial charge in [-0.2, -0.15) is 5.10 Å². The predicted molar refractivity (Wildman–Crippen MR) is 72.8 cm³/mol. The third-order valence-electron chi connectivity index (χ3n) is 2.77. The van der Waals surface area contributed by atoms with Crippen LogP contribution >= 0.6 is 11.3 Å². The summed E-state index contributed by atoms with van der Waals surface area (Å²) in [5, 5.41) is 10.6. The van der Waals surface area contributed by atoms with Gasteiger partial charge in [-0.25, -0.2) is 9.97 Å². The van der Waals surface area contributed by atoms with Crippen LogP contribution in [0.3, 0.4) is 0 Å². The van der Waals surface area contributed by atoms with Crippen LogP contribution in [0.2, 0.25) is 0 Å². The van der Waals surface area contributed by atoms with Crippen LogP contribution in [0.15, 0.2) is 30.0 Å². The monoisotopic (exact) mass is 259 g/mol. The zero-order chi connectivity index (χ0) is 12.4. The van der Waals surface area contributed by atoms with Crippen LogP contribution in [0, 0.1) is 0 Å². The molecular formula is C12H13N5S. The van der Waals surface area contributed by atoms with Crippen molar-refractivity contribution in [3.8, 4) is 0 Å². The number of fused-ring (bicyclic) bond motifs is 1. The normalized spacial score (nSPS) is 10.9. The zero-order valence-electron chi connectivity index (χ0n) is 10.00. The molecule has 0 aromatic carbocycles. The van der Waals surface area contributed by atoms with Gasteiger partial charge in [0.25, 0.3) is 0 Å². The molecule has 0 unspecified atom stereocenters. The first-order chi connectivity index (χ1) is 8.84. The van der Waals surface area contributed by atoms with Crippen molar-refractivity contribution in [2.24, 2.45) is 7.05 Å². The van der Waals surface area contributed by atoms with E-state index in [0.717, 1.165) is 29.8 Å². The van der Waals surface area contributed by atoms with Gasteiger partial charge in [0.05, 0.1) is 11.6 Å². The molecule has 0 bridgehead atoms. The van der Waals surface area contributed by atoms with Crippen LogP contribution < -0.4 is 5.32 Å². The van der Waals surface area contributed by atoms with Gasteiger partial charge in [-0.05, 0) is 17.9 Å². The van der Waals surface area contributed by atoms with E-state index >= 15 is 0 Å². The summed E-state index contributed by atoms with van der Waals surface area (Å²) >= 11 is 1.78. The molecule has 0 saturated heterocycles. The molecule has 3 heterocycles. The van der Waals surface area contributed by atoms with E-state index < -0.39 is 0 Å². The second-order valence-corrected chi connectivity index (χ2v) is 5.02. The van der Waals surface area contributed by atoms with Crippen molar-refractivity contribution in [2.45, 2.75) is 6.42 Å². The van der Waals surface area contributed by atoms with Crippen LogP contribution in [0.25, 0.3) is 11.0 Å². The number of nitrogens with one attached hydrogen (secondary N) is 1. The van der Waals surface area contributed by atoms with E-state index in [0.29, 0.717) is 0 Å². The Bertz CT molecular complexity index is 644. The van der Waals surface area contributed by atoms with E-state index in [9.17, 15) is 0 Å². The van der Waals surface area contributed by atoms with E-state index in [1.807, 2.05) is 7.05 Å².